The molecule has 2 aliphatic carbocycles. The summed E-state index contributed by atoms with van der Waals surface area (Å²) in [6.45, 7) is 4.21. The number of nitrogens with two attached hydrogens (primary N) is 1. The molecule has 0 atom stereocenters. The second kappa shape index (κ2) is 7.57. The lowest BCUT2D eigenvalue weighted by molar-refractivity contribution is -0.00464. The highest BCUT2D eigenvalue weighted by atomic mass is 16.3. The Morgan fingerprint density at radius 3 is 2.61 bits per heavy atom. The molecule has 31 heavy (non-hydrogen) atoms. The Kier molecular flexibility index (Phi) is 4.85. The van der Waals surface area contributed by atoms with E-state index in [-0.39, 0.29) is 5.95 Å². The van der Waals surface area contributed by atoms with Gasteiger partial charge in [0, 0.05) is 47.1 Å². The zero-order valence-corrected chi connectivity index (χ0v) is 18.0. The summed E-state index contributed by atoms with van der Waals surface area (Å²) in [7, 11) is 0. The zero-order chi connectivity index (χ0) is 21.6. The van der Waals surface area contributed by atoms with E-state index < -0.39 is 5.60 Å². The van der Waals surface area contributed by atoms with Crippen LogP contribution in [0.5, 0.6) is 0 Å². The number of aromatic nitrogens is 5. The van der Waals surface area contributed by atoms with Gasteiger partial charge in [-0.1, -0.05) is 25.3 Å². The van der Waals surface area contributed by atoms with Crippen LogP contribution in [-0.2, 0) is 12.0 Å². The van der Waals surface area contributed by atoms with Crippen molar-refractivity contribution in [1.29, 1.82) is 0 Å². The van der Waals surface area contributed by atoms with E-state index in [1.165, 1.54) is 0 Å². The number of pyridine rings is 1. The van der Waals surface area contributed by atoms with E-state index in [1.807, 2.05) is 29.3 Å². The third-order valence-electron chi connectivity index (χ3n) is 6.40. The number of aliphatic hydroxyl groups is 1. The number of rotatable bonds is 4. The van der Waals surface area contributed by atoms with E-state index in [0.29, 0.717) is 24.6 Å². The smallest absolute Gasteiger partial charge is 0.220 e. The number of fused-ring (bicyclic) bond motifs is 1. The first-order valence-corrected chi connectivity index (χ1v) is 11.0. The van der Waals surface area contributed by atoms with Crippen molar-refractivity contribution in [2.75, 3.05) is 5.73 Å². The highest BCUT2D eigenvalue weighted by Crippen LogP contribution is 2.39. The molecule has 0 unspecified atom stereocenters. The molecule has 0 saturated heterocycles. The summed E-state index contributed by atoms with van der Waals surface area (Å²) in [4.78, 5) is 13.6. The third kappa shape index (κ3) is 3.63. The van der Waals surface area contributed by atoms with Crippen molar-refractivity contribution < 1.29 is 5.11 Å². The number of nitrogens with zero attached hydrogens (tertiary/aromatic N) is 5. The number of allylic oxidation sites excluding steroid dienone is 1. The monoisotopic (exact) mass is 416 g/mol. The van der Waals surface area contributed by atoms with Gasteiger partial charge in [-0.15, -0.1) is 0 Å². The molecule has 2 aliphatic rings. The summed E-state index contributed by atoms with van der Waals surface area (Å²) >= 11 is 0. The molecule has 7 heteroatoms. The fourth-order valence-electron chi connectivity index (χ4n) is 4.60. The van der Waals surface area contributed by atoms with Gasteiger partial charge >= 0.3 is 0 Å². The average Bonchev–Trinajstić information content (AvgIpc) is 3.41. The van der Waals surface area contributed by atoms with Gasteiger partial charge in [0.05, 0.1) is 23.3 Å². The van der Waals surface area contributed by atoms with Gasteiger partial charge < -0.3 is 10.8 Å². The van der Waals surface area contributed by atoms with Crippen LogP contribution in [0.3, 0.4) is 0 Å². The van der Waals surface area contributed by atoms with Crippen molar-refractivity contribution in [2.45, 2.75) is 64.0 Å². The maximum atomic E-state index is 11.2. The van der Waals surface area contributed by atoms with Gasteiger partial charge in [0.25, 0.3) is 0 Å². The maximum Gasteiger partial charge on any atom is 0.220 e. The third-order valence-corrected chi connectivity index (χ3v) is 6.40. The van der Waals surface area contributed by atoms with Crippen LogP contribution in [0.2, 0.25) is 0 Å². The lowest BCUT2D eigenvalue weighted by atomic mass is 9.82. The summed E-state index contributed by atoms with van der Waals surface area (Å²) in [5.74, 6) is 0.197. The molecule has 1 saturated carbocycles. The van der Waals surface area contributed by atoms with Crippen LogP contribution in [0, 0.1) is 0 Å². The normalized spacial score (nSPS) is 17.6. The molecule has 5 rings (SSSR count). The molecule has 3 heterocycles. The summed E-state index contributed by atoms with van der Waals surface area (Å²) < 4.78 is 1.95. The Balaban J connectivity index is 1.52. The van der Waals surface area contributed by atoms with Crippen molar-refractivity contribution in [3.63, 3.8) is 0 Å². The molecule has 3 N–H and O–H groups in total. The Labute approximate surface area is 182 Å². The summed E-state index contributed by atoms with van der Waals surface area (Å²) in [6, 6.07) is 4.36. The van der Waals surface area contributed by atoms with Crippen LogP contribution in [0.1, 0.15) is 74.6 Å². The van der Waals surface area contributed by atoms with Gasteiger partial charge in [0.2, 0.25) is 5.95 Å². The van der Waals surface area contributed by atoms with E-state index in [0.717, 1.165) is 59.3 Å². The molecule has 0 aromatic carbocycles. The largest absolute Gasteiger partial charge is 0.384 e. The van der Waals surface area contributed by atoms with Gasteiger partial charge in [-0.25, -0.2) is 9.97 Å². The van der Waals surface area contributed by atoms with Gasteiger partial charge in [0.15, 0.2) is 0 Å². The molecule has 0 amide bonds. The molecule has 3 aromatic heterocycles. The molecule has 0 bridgehead atoms. The molecule has 160 valence electrons. The first-order valence-electron chi connectivity index (χ1n) is 11.0. The van der Waals surface area contributed by atoms with Crippen LogP contribution in [0.25, 0.3) is 16.7 Å². The van der Waals surface area contributed by atoms with Gasteiger partial charge in [-0.05, 0) is 38.8 Å². The van der Waals surface area contributed by atoms with Crippen molar-refractivity contribution in [1.82, 2.24) is 24.7 Å². The molecular weight excluding hydrogens is 388 g/mol. The standard InChI is InChI=1S/C24H28N6O/c1-15(2)30-14-17(13-27-30)16-10-19-18(6-7-20(19)26-12-16)21-11-22(29-23(25)28-21)24(31)8-4-3-5-9-24/h6,10-15,31H,3-5,7-9H2,1-2H3,(H2,25,28,29). The fourth-order valence-corrected chi connectivity index (χ4v) is 4.60. The molecule has 7 nitrogen and oxygen atoms in total. The number of hydrogen-bond acceptors (Lipinski definition) is 6. The van der Waals surface area contributed by atoms with Crippen LogP contribution in [0.15, 0.2) is 36.8 Å². The van der Waals surface area contributed by atoms with E-state index >= 15 is 0 Å². The Morgan fingerprint density at radius 2 is 1.87 bits per heavy atom. The van der Waals surface area contributed by atoms with Crippen LogP contribution in [0.4, 0.5) is 5.95 Å². The summed E-state index contributed by atoms with van der Waals surface area (Å²) in [5, 5.41) is 15.6. The zero-order valence-electron chi connectivity index (χ0n) is 18.0. The number of nitrogen functional groups attached to an aromatic ring is 1. The fraction of sp³-hybridized carbons (Fsp3) is 0.417. The topological polar surface area (TPSA) is 103 Å². The Morgan fingerprint density at radius 1 is 1.06 bits per heavy atom. The molecule has 0 spiro atoms. The Hall–Kier alpha value is -3.06. The van der Waals surface area contributed by atoms with Crippen LogP contribution < -0.4 is 5.73 Å². The number of hydrogen-bond donors (Lipinski definition) is 2. The van der Waals surface area contributed by atoms with Crippen molar-refractivity contribution in [2.24, 2.45) is 0 Å². The molecule has 0 aliphatic heterocycles. The average molecular weight is 417 g/mol. The molecule has 1 fully saturated rings. The van der Waals surface area contributed by atoms with Crippen LogP contribution >= 0.6 is 0 Å². The molecule has 3 aromatic rings. The van der Waals surface area contributed by atoms with Crippen molar-refractivity contribution in [3.05, 3.63) is 59.4 Å². The van der Waals surface area contributed by atoms with E-state index in [1.54, 1.807) is 0 Å². The predicted molar refractivity (Wildman–Crippen MR) is 120 cm³/mol. The van der Waals surface area contributed by atoms with Gasteiger partial charge in [-0.3, -0.25) is 9.67 Å². The van der Waals surface area contributed by atoms with Gasteiger partial charge in [-0.2, -0.15) is 5.10 Å². The predicted octanol–water partition coefficient (Wildman–Crippen LogP) is 4.04. The lowest BCUT2D eigenvalue weighted by Gasteiger charge is -2.31. The second-order valence-electron chi connectivity index (χ2n) is 8.93. The minimum atomic E-state index is -0.919. The van der Waals surface area contributed by atoms with E-state index in [4.69, 9.17) is 10.7 Å². The quantitative estimate of drug-likeness (QED) is 0.665. The van der Waals surface area contributed by atoms with E-state index in [2.05, 4.69) is 41.1 Å². The van der Waals surface area contributed by atoms with E-state index in [9.17, 15) is 5.11 Å². The highest BCUT2D eigenvalue weighted by Gasteiger charge is 2.34. The summed E-state index contributed by atoms with van der Waals surface area (Å²) in [6.07, 6.45) is 13.3. The lowest BCUT2D eigenvalue weighted by Crippen LogP contribution is -2.30. The highest BCUT2D eigenvalue weighted by molar-refractivity contribution is 5.84. The Bertz CT molecular complexity index is 1160. The number of anilines is 1. The second-order valence-corrected chi connectivity index (χ2v) is 8.93. The van der Waals surface area contributed by atoms with Crippen LogP contribution in [-0.4, -0.2) is 29.8 Å². The molecule has 0 radical (unpaired) electrons. The summed E-state index contributed by atoms with van der Waals surface area (Å²) in [5.41, 5.74) is 11.7. The maximum absolute atomic E-state index is 11.2. The van der Waals surface area contributed by atoms with Crippen molar-refractivity contribution >= 4 is 11.5 Å². The van der Waals surface area contributed by atoms with Gasteiger partial charge in [0.1, 0.15) is 5.60 Å². The first kappa shape index (κ1) is 19.9. The minimum Gasteiger partial charge on any atom is -0.384 e. The SMILES string of the molecule is CC(C)n1cc(-c2cnc3c(c2)C(c2cc(C4(O)CCCCC4)nc(N)n2)=CC3)cn1. The minimum absolute atomic E-state index is 0.197. The molecular formula is C24H28N6O. The first-order chi connectivity index (χ1) is 14.9. The van der Waals surface area contributed by atoms with Crippen molar-refractivity contribution in [3.8, 4) is 11.1 Å².